The van der Waals surface area contributed by atoms with Crippen molar-refractivity contribution in [1.29, 1.82) is 0 Å². The van der Waals surface area contributed by atoms with Gasteiger partial charge in [0.1, 0.15) is 28.8 Å². The average Bonchev–Trinajstić information content (AvgIpc) is 2.84. The van der Waals surface area contributed by atoms with E-state index in [-0.39, 0.29) is 11.5 Å². The lowest BCUT2D eigenvalue weighted by Gasteiger charge is -2.17. The van der Waals surface area contributed by atoms with E-state index >= 15 is 0 Å². The van der Waals surface area contributed by atoms with Crippen molar-refractivity contribution in [3.8, 4) is 34.1 Å². The van der Waals surface area contributed by atoms with E-state index in [0.717, 1.165) is 44.7 Å². The minimum absolute atomic E-state index is 0.0925. The summed E-state index contributed by atoms with van der Waals surface area (Å²) in [6, 6.07) is 20.8. The van der Waals surface area contributed by atoms with Crippen molar-refractivity contribution < 1.29 is 24.5 Å². The number of phenols is 2. The summed E-state index contributed by atoms with van der Waals surface area (Å²) < 4.78 is 11.8. The molecular formula is C31H28O5. The molecule has 0 amide bonds. The lowest BCUT2D eigenvalue weighted by molar-refractivity contribution is 0.0732. The number of carbonyl (C=O) groups excluding carboxylic acids is 1. The fraction of sp³-hybridized carbons (Fsp3) is 0.129. The lowest BCUT2D eigenvalue weighted by Crippen LogP contribution is -2.10. The number of esters is 1. The Balaban J connectivity index is 1.58. The Bertz CT molecular complexity index is 1290. The van der Waals surface area contributed by atoms with E-state index in [2.05, 4.69) is 18.7 Å². The fourth-order valence-corrected chi connectivity index (χ4v) is 4.13. The summed E-state index contributed by atoms with van der Waals surface area (Å²) in [5.74, 6) is 1.57. The quantitative estimate of drug-likeness (QED) is 0.172. The molecule has 0 aliphatic rings. The number of aryl methyl sites for hydroxylation is 4. The van der Waals surface area contributed by atoms with Gasteiger partial charge in [-0.2, -0.15) is 0 Å². The Hall–Kier alpha value is -4.51. The third-order valence-corrected chi connectivity index (χ3v) is 5.97. The second-order valence-electron chi connectivity index (χ2n) is 8.89. The van der Waals surface area contributed by atoms with Gasteiger partial charge in [-0.05, 0) is 134 Å². The zero-order chi connectivity index (χ0) is 26.0. The Labute approximate surface area is 210 Å². The number of aromatic hydroxyl groups is 2. The highest BCUT2D eigenvalue weighted by Gasteiger charge is 2.16. The molecule has 0 aliphatic heterocycles. The minimum Gasteiger partial charge on any atom is -0.508 e. The molecule has 5 heteroatoms. The monoisotopic (exact) mass is 480 g/mol. The molecule has 0 saturated carbocycles. The predicted molar refractivity (Wildman–Crippen MR) is 142 cm³/mol. The highest BCUT2D eigenvalue weighted by molar-refractivity contribution is 5.91. The van der Waals surface area contributed by atoms with Crippen LogP contribution in [0.1, 0.15) is 38.2 Å². The zero-order valence-corrected chi connectivity index (χ0v) is 20.8. The summed E-state index contributed by atoms with van der Waals surface area (Å²) >= 11 is 0. The van der Waals surface area contributed by atoms with Crippen molar-refractivity contribution >= 4 is 11.7 Å². The molecule has 0 aromatic heterocycles. The molecule has 0 saturated heterocycles. The number of rotatable bonds is 6. The van der Waals surface area contributed by atoms with Crippen LogP contribution in [0.25, 0.3) is 16.9 Å². The highest BCUT2D eigenvalue weighted by Crippen LogP contribution is 2.36. The normalized spacial score (nSPS) is 10.7. The van der Waals surface area contributed by atoms with Gasteiger partial charge in [-0.25, -0.2) is 4.79 Å². The molecule has 4 aromatic rings. The molecule has 4 aromatic carbocycles. The molecule has 0 radical (unpaired) electrons. The van der Waals surface area contributed by atoms with E-state index in [1.165, 1.54) is 24.3 Å². The van der Waals surface area contributed by atoms with Gasteiger partial charge in [0.15, 0.2) is 0 Å². The van der Waals surface area contributed by atoms with Crippen LogP contribution in [0.2, 0.25) is 0 Å². The van der Waals surface area contributed by atoms with Gasteiger partial charge in [0.2, 0.25) is 0 Å². The summed E-state index contributed by atoms with van der Waals surface area (Å²) in [4.78, 5) is 12.6. The summed E-state index contributed by atoms with van der Waals surface area (Å²) in [6.07, 6.45) is 0. The SMILES string of the molecule is C=C(Oc1c(C)cc(-c2cc(C)c(OC(=O)c3ccc(O)cc3)c(C)c2)cc1C)c1ccc(O)cc1. The van der Waals surface area contributed by atoms with Gasteiger partial charge in [-0.15, -0.1) is 0 Å². The number of phenolic OH excluding ortho intramolecular Hbond substituents is 2. The molecular weight excluding hydrogens is 452 g/mol. The van der Waals surface area contributed by atoms with Crippen LogP contribution >= 0.6 is 0 Å². The van der Waals surface area contributed by atoms with Gasteiger partial charge in [0.05, 0.1) is 5.56 Å². The first-order chi connectivity index (χ1) is 17.1. The predicted octanol–water partition coefficient (Wildman–Crippen LogP) is 7.27. The van der Waals surface area contributed by atoms with Crippen molar-refractivity contribution in [2.45, 2.75) is 27.7 Å². The maximum absolute atomic E-state index is 12.6. The molecule has 0 atom stereocenters. The minimum atomic E-state index is -0.476. The zero-order valence-electron chi connectivity index (χ0n) is 20.8. The number of benzene rings is 4. The maximum Gasteiger partial charge on any atom is 0.343 e. The molecule has 36 heavy (non-hydrogen) atoms. The Morgan fingerprint density at radius 1 is 0.611 bits per heavy atom. The maximum atomic E-state index is 12.6. The molecule has 0 spiro atoms. The van der Waals surface area contributed by atoms with Crippen LogP contribution in [0, 0.1) is 27.7 Å². The summed E-state index contributed by atoms with van der Waals surface area (Å²) in [6.45, 7) is 11.8. The summed E-state index contributed by atoms with van der Waals surface area (Å²) in [5, 5.41) is 19.0. The molecule has 0 bridgehead atoms. The lowest BCUT2D eigenvalue weighted by atomic mass is 9.96. The fourth-order valence-electron chi connectivity index (χ4n) is 4.13. The van der Waals surface area contributed by atoms with E-state index in [1.54, 1.807) is 24.3 Å². The van der Waals surface area contributed by atoms with E-state index in [0.29, 0.717) is 17.1 Å². The van der Waals surface area contributed by atoms with E-state index in [4.69, 9.17) is 9.47 Å². The molecule has 2 N–H and O–H groups in total. The summed E-state index contributed by atoms with van der Waals surface area (Å²) in [7, 11) is 0. The van der Waals surface area contributed by atoms with Crippen LogP contribution in [0.5, 0.6) is 23.0 Å². The van der Waals surface area contributed by atoms with Crippen molar-refractivity contribution in [3.63, 3.8) is 0 Å². The highest BCUT2D eigenvalue weighted by atomic mass is 16.5. The second-order valence-corrected chi connectivity index (χ2v) is 8.89. The molecule has 4 rings (SSSR count). The molecule has 0 aliphatic carbocycles. The van der Waals surface area contributed by atoms with Gasteiger partial charge in [-0.3, -0.25) is 0 Å². The Morgan fingerprint density at radius 2 is 0.972 bits per heavy atom. The average molecular weight is 481 g/mol. The third-order valence-electron chi connectivity index (χ3n) is 5.97. The first-order valence-corrected chi connectivity index (χ1v) is 11.5. The van der Waals surface area contributed by atoms with Crippen molar-refractivity contribution in [1.82, 2.24) is 0 Å². The molecule has 0 unspecified atom stereocenters. The first kappa shape index (κ1) is 24.6. The number of carbonyl (C=O) groups is 1. The van der Waals surface area contributed by atoms with Crippen molar-refractivity contribution in [2.75, 3.05) is 0 Å². The van der Waals surface area contributed by atoms with Crippen molar-refractivity contribution in [3.05, 3.63) is 113 Å². The number of hydrogen-bond donors (Lipinski definition) is 2. The summed E-state index contributed by atoms with van der Waals surface area (Å²) in [5.41, 5.74) is 6.79. The smallest absolute Gasteiger partial charge is 0.343 e. The topological polar surface area (TPSA) is 76.0 Å². The number of ether oxygens (including phenoxy) is 2. The largest absolute Gasteiger partial charge is 0.508 e. The number of hydrogen-bond acceptors (Lipinski definition) is 5. The van der Waals surface area contributed by atoms with Crippen LogP contribution in [0.15, 0.2) is 79.4 Å². The van der Waals surface area contributed by atoms with Crippen LogP contribution in [-0.2, 0) is 0 Å². The van der Waals surface area contributed by atoms with E-state index in [9.17, 15) is 15.0 Å². The van der Waals surface area contributed by atoms with Crippen molar-refractivity contribution in [2.24, 2.45) is 0 Å². The van der Waals surface area contributed by atoms with E-state index < -0.39 is 5.97 Å². The van der Waals surface area contributed by atoms with Gasteiger partial charge in [0, 0.05) is 5.56 Å². The van der Waals surface area contributed by atoms with Gasteiger partial charge >= 0.3 is 5.97 Å². The van der Waals surface area contributed by atoms with Crippen LogP contribution in [0.3, 0.4) is 0 Å². The van der Waals surface area contributed by atoms with Gasteiger partial charge < -0.3 is 19.7 Å². The standard InChI is InChI=1S/C31H28O5/c1-18-14-25(15-19(2)29(18)35-22(5)23-6-10-27(32)11-7-23)26-16-20(3)30(21(4)17-26)36-31(34)24-8-12-28(33)13-9-24/h6-17,32-33H,5H2,1-4H3. The first-order valence-electron chi connectivity index (χ1n) is 11.5. The second kappa shape index (κ2) is 10.0. The van der Waals surface area contributed by atoms with Gasteiger partial charge in [0.25, 0.3) is 0 Å². The van der Waals surface area contributed by atoms with Crippen LogP contribution in [-0.4, -0.2) is 16.2 Å². The molecule has 0 fully saturated rings. The Kier molecular flexibility index (Phi) is 6.84. The molecule has 182 valence electrons. The third kappa shape index (κ3) is 5.26. The van der Waals surface area contributed by atoms with E-state index in [1.807, 2.05) is 39.8 Å². The molecule has 5 nitrogen and oxygen atoms in total. The van der Waals surface area contributed by atoms with Crippen LogP contribution in [0.4, 0.5) is 0 Å². The Morgan fingerprint density at radius 3 is 1.39 bits per heavy atom. The van der Waals surface area contributed by atoms with Gasteiger partial charge in [-0.1, -0.05) is 6.58 Å². The van der Waals surface area contributed by atoms with Crippen LogP contribution < -0.4 is 9.47 Å². The molecule has 0 heterocycles.